The molecule has 0 heterocycles. The van der Waals surface area contributed by atoms with E-state index in [1.54, 1.807) is 45.0 Å². The number of amides is 1. The van der Waals surface area contributed by atoms with Crippen LogP contribution in [0.4, 0.5) is 0 Å². The van der Waals surface area contributed by atoms with Gasteiger partial charge in [0.05, 0.1) is 5.75 Å². The van der Waals surface area contributed by atoms with Crippen molar-refractivity contribution >= 4 is 28.3 Å². The van der Waals surface area contributed by atoms with E-state index in [0.717, 1.165) is 12.8 Å². The van der Waals surface area contributed by atoms with Crippen LogP contribution in [-0.4, -0.2) is 32.5 Å². The van der Waals surface area contributed by atoms with Crippen LogP contribution in [0.2, 0.25) is 0 Å². The Balaban J connectivity index is 0.00000312. The second-order valence-electron chi connectivity index (χ2n) is 7.52. The largest absolute Gasteiger partial charge is 0.350 e. The standard InChI is InChI=1S/C17H27N3O3S.ClH/c1-17(2,3)20-24(22,23)11-12-5-4-6-14(9-12)16(21)19-10-15(18)13-7-8-13;/h4-6,9,13,15,20H,7-8,10-11,18H2,1-3H3,(H,19,21);1H. The monoisotopic (exact) mass is 389 g/mol. The summed E-state index contributed by atoms with van der Waals surface area (Å²) >= 11 is 0. The minimum Gasteiger partial charge on any atom is -0.350 e. The molecule has 1 aliphatic carbocycles. The highest BCUT2D eigenvalue weighted by Gasteiger charge is 2.28. The molecule has 2 rings (SSSR count). The molecule has 0 bridgehead atoms. The molecular formula is C17H28ClN3O3S. The zero-order valence-corrected chi connectivity index (χ0v) is 16.5. The summed E-state index contributed by atoms with van der Waals surface area (Å²) in [5, 5.41) is 2.82. The molecule has 0 saturated heterocycles. The number of nitrogens with one attached hydrogen (secondary N) is 2. The lowest BCUT2D eigenvalue weighted by atomic mass is 10.1. The van der Waals surface area contributed by atoms with Crippen molar-refractivity contribution in [2.45, 2.75) is 50.9 Å². The number of carbonyl (C=O) groups excluding carboxylic acids is 1. The Hall–Kier alpha value is -1.15. The predicted octanol–water partition coefficient (Wildman–Crippen LogP) is 1.79. The maximum absolute atomic E-state index is 12.2. The van der Waals surface area contributed by atoms with Gasteiger partial charge in [0.2, 0.25) is 10.0 Å². The number of hydrogen-bond donors (Lipinski definition) is 3. The minimum atomic E-state index is -3.47. The summed E-state index contributed by atoms with van der Waals surface area (Å²) in [6, 6.07) is 6.67. The third kappa shape index (κ3) is 7.73. The van der Waals surface area contributed by atoms with E-state index in [0.29, 0.717) is 23.6 Å². The normalized spacial score (nSPS) is 16.0. The summed E-state index contributed by atoms with van der Waals surface area (Å²) in [4.78, 5) is 12.2. The van der Waals surface area contributed by atoms with Crippen molar-refractivity contribution in [2.75, 3.05) is 6.54 Å². The van der Waals surface area contributed by atoms with Crippen LogP contribution in [0.1, 0.15) is 49.5 Å². The Morgan fingerprint density at radius 1 is 1.32 bits per heavy atom. The fourth-order valence-corrected chi connectivity index (χ4v) is 4.15. The Morgan fingerprint density at radius 2 is 1.96 bits per heavy atom. The molecular weight excluding hydrogens is 362 g/mol. The van der Waals surface area contributed by atoms with Crippen molar-refractivity contribution < 1.29 is 13.2 Å². The molecule has 142 valence electrons. The zero-order valence-electron chi connectivity index (χ0n) is 14.9. The van der Waals surface area contributed by atoms with Crippen molar-refractivity contribution in [2.24, 2.45) is 11.7 Å². The predicted molar refractivity (Wildman–Crippen MR) is 102 cm³/mol. The maximum atomic E-state index is 12.2. The first-order chi connectivity index (χ1) is 11.1. The summed E-state index contributed by atoms with van der Waals surface area (Å²) in [5.41, 5.74) is 6.46. The highest BCUT2D eigenvalue weighted by Crippen LogP contribution is 2.31. The van der Waals surface area contributed by atoms with Crippen molar-refractivity contribution in [3.63, 3.8) is 0 Å². The number of hydrogen-bond acceptors (Lipinski definition) is 4. The fraction of sp³-hybridized carbons (Fsp3) is 0.588. The van der Waals surface area contributed by atoms with E-state index < -0.39 is 15.6 Å². The minimum absolute atomic E-state index is 0. The molecule has 4 N–H and O–H groups in total. The van der Waals surface area contributed by atoms with Gasteiger partial charge >= 0.3 is 0 Å². The van der Waals surface area contributed by atoms with E-state index >= 15 is 0 Å². The van der Waals surface area contributed by atoms with Gasteiger partial charge in [-0.05, 0) is 57.2 Å². The lowest BCUT2D eigenvalue weighted by Gasteiger charge is -2.20. The summed E-state index contributed by atoms with van der Waals surface area (Å²) in [6.07, 6.45) is 2.26. The summed E-state index contributed by atoms with van der Waals surface area (Å²) in [6.45, 7) is 5.81. The Labute approximate surface area is 156 Å². The van der Waals surface area contributed by atoms with Gasteiger partial charge in [0, 0.05) is 23.7 Å². The van der Waals surface area contributed by atoms with E-state index in [1.807, 2.05) is 0 Å². The zero-order chi connectivity index (χ0) is 18.0. The first kappa shape index (κ1) is 21.9. The van der Waals surface area contributed by atoms with Gasteiger partial charge in [-0.2, -0.15) is 0 Å². The molecule has 1 fully saturated rings. The number of halogens is 1. The van der Waals surface area contributed by atoms with Gasteiger partial charge in [0.25, 0.3) is 5.91 Å². The van der Waals surface area contributed by atoms with Crippen LogP contribution in [0.25, 0.3) is 0 Å². The van der Waals surface area contributed by atoms with Crippen LogP contribution in [0.3, 0.4) is 0 Å². The third-order valence-corrected chi connectivity index (χ3v) is 5.37. The number of rotatable bonds is 7. The highest BCUT2D eigenvalue weighted by molar-refractivity contribution is 7.88. The number of benzene rings is 1. The van der Waals surface area contributed by atoms with Crippen LogP contribution in [0, 0.1) is 5.92 Å². The molecule has 0 aliphatic heterocycles. The second-order valence-corrected chi connectivity index (χ2v) is 9.25. The van der Waals surface area contributed by atoms with Crippen molar-refractivity contribution in [3.8, 4) is 0 Å². The molecule has 1 aromatic carbocycles. The molecule has 0 spiro atoms. The average molecular weight is 390 g/mol. The number of sulfonamides is 1. The SMILES string of the molecule is CC(C)(C)NS(=O)(=O)Cc1cccc(C(=O)NCC(N)C2CC2)c1.Cl. The molecule has 0 aromatic heterocycles. The topological polar surface area (TPSA) is 101 Å². The number of carbonyl (C=O) groups is 1. The molecule has 6 nitrogen and oxygen atoms in total. The lowest BCUT2D eigenvalue weighted by Crippen LogP contribution is -2.41. The van der Waals surface area contributed by atoms with Gasteiger partial charge in [-0.25, -0.2) is 13.1 Å². The smallest absolute Gasteiger partial charge is 0.251 e. The van der Waals surface area contributed by atoms with Crippen LogP contribution in [-0.2, 0) is 15.8 Å². The van der Waals surface area contributed by atoms with E-state index in [-0.39, 0.29) is 30.1 Å². The van der Waals surface area contributed by atoms with E-state index in [9.17, 15) is 13.2 Å². The molecule has 1 saturated carbocycles. The average Bonchev–Trinajstić information content (AvgIpc) is 3.25. The summed E-state index contributed by atoms with van der Waals surface area (Å²) in [7, 11) is -3.47. The number of nitrogens with two attached hydrogens (primary N) is 1. The van der Waals surface area contributed by atoms with Crippen LogP contribution >= 0.6 is 12.4 Å². The van der Waals surface area contributed by atoms with Crippen molar-refractivity contribution in [3.05, 3.63) is 35.4 Å². The highest BCUT2D eigenvalue weighted by atomic mass is 35.5. The van der Waals surface area contributed by atoms with E-state index in [4.69, 9.17) is 5.73 Å². The first-order valence-corrected chi connectivity index (χ1v) is 9.85. The van der Waals surface area contributed by atoms with E-state index in [2.05, 4.69) is 10.0 Å². The molecule has 1 atom stereocenters. The second kappa shape index (κ2) is 8.49. The van der Waals surface area contributed by atoms with Crippen molar-refractivity contribution in [1.82, 2.24) is 10.0 Å². The lowest BCUT2D eigenvalue weighted by molar-refractivity contribution is 0.0950. The Kier molecular flexibility index (Phi) is 7.43. The summed E-state index contributed by atoms with van der Waals surface area (Å²) in [5.74, 6) is 0.131. The molecule has 8 heteroatoms. The summed E-state index contributed by atoms with van der Waals surface area (Å²) < 4.78 is 26.9. The van der Waals surface area contributed by atoms with Crippen LogP contribution in [0.5, 0.6) is 0 Å². The molecule has 1 amide bonds. The molecule has 25 heavy (non-hydrogen) atoms. The van der Waals surface area contributed by atoms with E-state index in [1.165, 1.54) is 0 Å². The molecule has 1 aromatic rings. The Bertz CT molecular complexity index is 697. The quantitative estimate of drug-likeness (QED) is 0.661. The third-order valence-electron chi connectivity index (χ3n) is 3.73. The molecule has 1 unspecified atom stereocenters. The van der Waals surface area contributed by atoms with Gasteiger partial charge in [-0.3, -0.25) is 4.79 Å². The van der Waals surface area contributed by atoms with Gasteiger partial charge in [-0.1, -0.05) is 12.1 Å². The molecule has 0 radical (unpaired) electrons. The van der Waals surface area contributed by atoms with Crippen LogP contribution < -0.4 is 15.8 Å². The van der Waals surface area contributed by atoms with Gasteiger partial charge < -0.3 is 11.1 Å². The molecule has 1 aliphatic rings. The van der Waals surface area contributed by atoms with Gasteiger partial charge in [0.1, 0.15) is 0 Å². The van der Waals surface area contributed by atoms with Gasteiger partial charge in [0.15, 0.2) is 0 Å². The fourth-order valence-electron chi connectivity index (χ4n) is 2.53. The Morgan fingerprint density at radius 3 is 2.52 bits per heavy atom. The maximum Gasteiger partial charge on any atom is 0.251 e. The van der Waals surface area contributed by atoms with Crippen molar-refractivity contribution in [1.29, 1.82) is 0 Å². The van der Waals surface area contributed by atoms with Gasteiger partial charge in [-0.15, -0.1) is 12.4 Å². The first-order valence-electron chi connectivity index (χ1n) is 8.20. The van der Waals surface area contributed by atoms with Crippen LogP contribution in [0.15, 0.2) is 24.3 Å².